The molecule has 1 heterocycles. The highest BCUT2D eigenvalue weighted by Gasteiger charge is 2.12. The Morgan fingerprint density at radius 3 is 3.09 bits per heavy atom. The number of hydrogen-bond acceptors (Lipinski definition) is 3. The summed E-state index contributed by atoms with van der Waals surface area (Å²) >= 11 is 0. The van der Waals surface area contributed by atoms with E-state index in [0.29, 0.717) is 6.29 Å². The molecule has 1 aliphatic rings. The lowest BCUT2D eigenvalue weighted by molar-refractivity contribution is 0.112. The van der Waals surface area contributed by atoms with Gasteiger partial charge in [0.15, 0.2) is 11.5 Å². The second kappa shape index (κ2) is 2.27. The van der Waals surface area contributed by atoms with Crippen LogP contribution in [0, 0.1) is 0 Å². The summed E-state index contributed by atoms with van der Waals surface area (Å²) in [7, 11) is 0. The number of hydrogen-bond donors (Lipinski definition) is 0. The Balaban J connectivity index is 2.79. The Hall–Kier alpha value is -1.51. The number of carbonyl (C=O) groups is 1. The van der Waals surface area contributed by atoms with Crippen molar-refractivity contribution in [3.8, 4) is 11.5 Å². The lowest BCUT2D eigenvalue weighted by atomic mass is 10.2. The van der Waals surface area contributed by atoms with E-state index in [1.807, 2.05) is 0 Å². The van der Waals surface area contributed by atoms with Crippen LogP contribution >= 0.6 is 0 Å². The fourth-order valence-corrected chi connectivity index (χ4v) is 0.801. The summed E-state index contributed by atoms with van der Waals surface area (Å²) in [6.45, 7) is -0.0746. The molecule has 0 radical (unpaired) electrons. The maximum absolute atomic E-state index is 10.6. The lowest BCUT2D eigenvalue weighted by Crippen LogP contribution is -1.92. The van der Waals surface area contributed by atoms with Gasteiger partial charge in [0.2, 0.25) is 6.79 Å². The van der Waals surface area contributed by atoms with E-state index in [1.54, 1.807) is 0 Å². The van der Waals surface area contributed by atoms with Crippen molar-refractivity contribution in [2.24, 2.45) is 0 Å². The molecule has 0 saturated carbocycles. The molecule has 2 rings (SSSR count). The van der Waals surface area contributed by atoms with Crippen LogP contribution in [0.2, 0.25) is 0 Å². The zero-order valence-electron chi connectivity index (χ0n) is 8.51. The van der Waals surface area contributed by atoms with Gasteiger partial charge in [-0.1, -0.05) is 0 Å². The van der Waals surface area contributed by atoms with E-state index in [-0.39, 0.29) is 42.0 Å². The zero-order valence-corrected chi connectivity index (χ0v) is 5.51. The molecule has 0 atom stereocenters. The quantitative estimate of drug-likeness (QED) is 0.569. The van der Waals surface area contributed by atoms with Crippen LogP contribution in [0.4, 0.5) is 0 Å². The topological polar surface area (TPSA) is 35.5 Å². The van der Waals surface area contributed by atoms with Crippen LogP contribution < -0.4 is 9.47 Å². The lowest BCUT2D eigenvalue weighted by Gasteiger charge is -1.94. The molecule has 1 aromatic carbocycles. The summed E-state index contributed by atoms with van der Waals surface area (Å²) in [5.74, 6) is 0.152. The minimum atomic E-state index is -0.297. The third-order valence-electron chi connectivity index (χ3n) is 1.29. The molecule has 3 heteroatoms. The molecule has 0 N–H and O–H groups in total. The molecule has 11 heavy (non-hydrogen) atoms. The highest BCUT2D eigenvalue weighted by molar-refractivity contribution is 5.76. The fraction of sp³-hybridized carbons (Fsp3) is 0.125. The van der Waals surface area contributed by atoms with E-state index in [2.05, 4.69) is 0 Å². The molecule has 0 amide bonds. The van der Waals surface area contributed by atoms with Crippen LogP contribution in [-0.2, 0) is 0 Å². The Labute approximate surface area is 67.8 Å². The van der Waals surface area contributed by atoms with E-state index in [4.69, 9.17) is 13.6 Å². The first-order chi connectivity index (χ1) is 6.66. The van der Waals surface area contributed by atoms with Crippen LogP contribution in [0.25, 0.3) is 0 Å². The average molecular weight is 153 g/mol. The second-order valence-corrected chi connectivity index (χ2v) is 1.97. The molecule has 0 aromatic heterocycles. The number of rotatable bonds is 1. The standard InChI is InChI=1S/C8H6O3/c9-4-6-1-2-7-8(3-6)11-5-10-7/h1-4H,5H2/i1D,2D,3D. The highest BCUT2D eigenvalue weighted by Crippen LogP contribution is 2.31. The Bertz CT molecular complexity index is 417. The molecule has 1 aliphatic heterocycles. The van der Waals surface area contributed by atoms with Crippen molar-refractivity contribution in [1.82, 2.24) is 0 Å². The Morgan fingerprint density at radius 2 is 2.27 bits per heavy atom. The van der Waals surface area contributed by atoms with Crippen LogP contribution in [-0.4, -0.2) is 13.1 Å². The summed E-state index contributed by atoms with van der Waals surface area (Å²) < 4.78 is 32.3. The second-order valence-electron chi connectivity index (χ2n) is 1.97. The molecule has 3 nitrogen and oxygen atoms in total. The molecule has 0 bridgehead atoms. The smallest absolute Gasteiger partial charge is 0.231 e. The molecular weight excluding hydrogens is 144 g/mol. The SMILES string of the molecule is [2H]c1c([2H])c2c(c([2H])c1C=O)OCO2. The molecular formula is C8H6O3. The number of aldehydes is 1. The normalized spacial score (nSPS) is 16.9. The van der Waals surface area contributed by atoms with Crippen molar-refractivity contribution in [3.05, 3.63) is 23.7 Å². The third-order valence-corrected chi connectivity index (χ3v) is 1.29. The van der Waals surface area contributed by atoms with Crippen LogP contribution in [0.15, 0.2) is 18.1 Å². The highest BCUT2D eigenvalue weighted by atomic mass is 16.7. The maximum atomic E-state index is 10.6. The number of ether oxygens (including phenoxy) is 2. The van der Waals surface area contributed by atoms with Gasteiger partial charge in [-0.05, 0) is 18.1 Å². The van der Waals surface area contributed by atoms with E-state index in [0.717, 1.165) is 0 Å². The van der Waals surface area contributed by atoms with Gasteiger partial charge in [0, 0.05) is 5.56 Å². The number of benzene rings is 1. The minimum absolute atomic E-state index is 0.0746. The summed E-state index contributed by atoms with van der Waals surface area (Å²) in [6, 6.07) is -0.696. The van der Waals surface area contributed by atoms with Gasteiger partial charge in [-0.2, -0.15) is 0 Å². The monoisotopic (exact) mass is 153 g/mol. The van der Waals surface area contributed by atoms with Gasteiger partial charge in [-0.15, -0.1) is 0 Å². The van der Waals surface area contributed by atoms with Crippen molar-refractivity contribution in [1.29, 1.82) is 0 Å². The molecule has 0 saturated heterocycles. The van der Waals surface area contributed by atoms with E-state index >= 15 is 0 Å². The predicted molar refractivity (Wildman–Crippen MR) is 38.0 cm³/mol. The first kappa shape index (κ1) is 3.76. The van der Waals surface area contributed by atoms with E-state index < -0.39 is 0 Å². The Kier molecular flexibility index (Phi) is 0.775. The van der Waals surface area contributed by atoms with Gasteiger partial charge in [-0.25, -0.2) is 0 Å². The summed E-state index contributed by atoms with van der Waals surface area (Å²) in [6.07, 6.45) is 0.380. The summed E-state index contributed by atoms with van der Waals surface area (Å²) in [4.78, 5) is 10.6. The van der Waals surface area contributed by atoms with Gasteiger partial charge in [-0.3, -0.25) is 4.79 Å². The van der Waals surface area contributed by atoms with E-state index in [1.165, 1.54) is 0 Å². The largest absolute Gasteiger partial charge is 0.454 e. The van der Waals surface area contributed by atoms with Gasteiger partial charge >= 0.3 is 0 Å². The van der Waals surface area contributed by atoms with Gasteiger partial charge in [0.1, 0.15) is 6.29 Å². The first-order valence-electron chi connectivity index (χ1n) is 4.51. The Morgan fingerprint density at radius 1 is 1.45 bits per heavy atom. The molecule has 0 spiro atoms. The summed E-state index contributed by atoms with van der Waals surface area (Å²) in [5, 5.41) is 0. The van der Waals surface area contributed by atoms with Crippen molar-refractivity contribution in [2.45, 2.75) is 0 Å². The third kappa shape index (κ3) is 0.941. The fourth-order valence-electron chi connectivity index (χ4n) is 0.801. The van der Waals surface area contributed by atoms with Crippen LogP contribution in [0.1, 0.15) is 14.5 Å². The molecule has 56 valence electrons. The van der Waals surface area contributed by atoms with Gasteiger partial charge in [0.05, 0.1) is 4.11 Å². The zero-order chi connectivity index (χ0) is 10.3. The maximum Gasteiger partial charge on any atom is 0.231 e. The molecule has 0 unspecified atom stereocenters. The van der Waals surface area contributed by atoms with Crippen molar-refractivity contribution in [3.63, 3.8) is 0 Å². The van der Waals surface area contributed by atoms with Gasteiger partial charge < -0.3 is 9.47 Å². The minimum Gasteiger partial charge on any atom is -0.454 e. The number of carbonyl (C=O) groups excluding carboxylic acids is 1. The average Bonchev–Trinajstić information content (AvgIpc) is 2.64. The molecule has 1 aromatic rings. The summed E-state index contributed by atoms with van der Waals surface area (Å²) in [5.41, 5.74) is -0.140. The van der Waals surface area contributed by atoms with Crippen LogP contribution in [0.5, 0.6) is 11.5 Å². The molecule has 0 fully saturated rings. The van der Waals surface area contributed by atoms with E-state index in [9.17, 15) is 4.79 Å². The van der Waals surface area contributed by atoms with Gasteiger partial charge in [0.25, 0.3) is 0 Å². The predicted octanol–water partition coefficient (Wildman–Crippen LogP) is 1.23. The number of fused-ring (bicyclic) bond motifs is 1. The first-order valence-corrected chi connectivity index (χ1v) is 3.01. The van der Waals surface area contributed by atoms with Crippen molar-refractivity contribution >= 4 is 6.29 Å². The van der Waals surface area contributed by atoms with Crippen molar-refractivity contribution in [2.75, 3.05) is 6.79 Å². The van der Waals surface area contributed by atoms with Crippen molar-refractivity contribution < 1.29 is 18.4 Å². The molecule has 0 aliphatic carbocycles. The van der Waals surface area contributed by atoms with Crippen LogP contribution in [0.3, 0.4) is 0 Å².